The standard InChI is InChI=1S/C15H17N3O2S/c21-13-4-2-1-3-11(13)9-17-14-5-7-16-15(18-14)20-12-6-8-19-10-12/h1-5,7,12,21H,6,8-10H2,(H,16,17,18). The van der Waals surface area contributed by atoms with Crippen molar-refractivity contribution in [1.29, 1.82) is 0 Å². The van der Waals surface area contributed by atoms with Crippen molar-refractivity contribution >= 4 is 18.4 Å². The van der Waals surface area contributed by atoms with Crippen LogP contribution in [0.1, 0.15) is 12.0 Å². The molecule has 1 unspecified atom stereocenters. The summed E-state index contributed by atoms with van der Waals surface area (Å²) in [6, 6.07) is 10.2. The number of thiol groups is 1. The molecule has 1 N–H and O–H groups in total. The molecule has 0 saturated carbocycles. The van der Waals surface area contributed by atoms with Crippen LogP contribution in [0.2, 0.25) is 0 Å². The number of benzene rings is 1. The molecule has 1 aromatic carbocycles. The molecular weight excluding hydrogens is 286 g/mol. The van der Waals surface area contributed by atoms with Gasteiger partial charge in [0.25, 0.3) is 0 Å². The number of nitrogens with zero attached hydrogens (tertiary/aromatic N) is 2. The van der Waals surface area contributed by atoms with Gasteiger partial charge < -0.3 is 14.8 Å². The van der Waals surface area contributed by atoms with Gasteiger partial charge in [-0.3, -0.25) is 0 Å². The third-order valence-electron chi connectivity index (χ3n) is 3.25. The Morgan fingerprint density at radius 2 is 2.24 bits per heavy atom. The number of anilines is 1. The van der Waals surface area contributed by atoms with Crippen LogP contribution in [0.15, 0.2) is 41.4 Å². The van der Waals surface area contributed by atoms with Crippen molar-refractivity contribution in [1.82, 2.24) is 9.97 Å². The van der Waals surface area contributed by atoms with Crippen molar-refractivity contribution in [2.24, 2.45) is 0 Å². The van der Waals surface area contributed by atoms with Gasteiger partial charge in [-0.2, -0.15) is 4.98 Å². The highest BCUT2D eigenvalue weighted by atomic mass is 32.1. The first-order valence-electron chi connectivity index (χ1n) is 6.89. The van der Waals surface area contributed by atoms with E-state index >= 15 is 0 Å². The molecule has 0 radical (unpaired) electrons. The van der Waals surface area contributed by atoms with E-state index in [0.29, 0.717) is 19.2 Å². The molecule has 1 aromatic heterocycles. The second-order valence-corrected chi connectivity index (χ2v) is 5.29. The second-order valence-electron chi connectivity index (χ2n) is 4.81. The Morgan fingerprint density at radius 1 is 1.33 bits per heavy atom. The van der Waals surface area contributed by atoms with Gasteiger partial charge in [0, 0.05) is 24.1 Å². The molecule has 21 heavy (non-hydrogen) atoms. The van der Waals surface area contributed by atoms with Crippen LogP contribution >= 0.6 is 12.6 Å². The number of hydrogen-bond acceptors (Lipinski definition) is 6. The summed E-state index contributed by atoms with van der Waals surface area (Å²) < 4.78 is 11.0. The molecule has 1 atom stereocenters. The van der Waals surface area contributed by atoms with E-state index in [1.54, 1.807) is 6.20 Å². The molecular formula is C15H17N3O2S. The van der Waals surface area contributed by atoms with E-state index in [4.69, 9.17) is 9.47 Å². The van der Waals surface area contributed by atoms with Gasteiger partial charge in [0.2, 0.25) is 0 Å². The van der Waals surface area contributed by atoms with E-state index in [9.17, 15) is 0 Å². The zero-order chi connectivity index (χ0) is 14.5. The Morgan fingerprint density at radius 3 is 3.05 bits per heavy atom. The maximum absolute atomic E-state index is 5.69. The normalized spacial score (nSPS) is 17.7. The van der Waals surface area contributed by atoms with Crippen molar-refractivity contribution in [3.05, 3.63) is 42.1 Å². The summed E-state index contributed by atoms with van der Waals surface area (Å²) in [5, 5.41) is 3.26. The van der Waals surface area contributed by atoms with Crippen LogP contribution < -0.4 is 10.1 Å². The quantitative estimate of drug-likeness (QED) is 0.831. The van der Waals surface area contributed by atoms with Crippen LogP contribution in [-0.2, 0) is 11.3 Å². The van der Waals surface area contributed by atoms with Gasteiger partial charge in [0.05, 0.1) is 13.2 Å². The molecule has 110 valence electrons. The molecule has 2 aromatic rings. The van der Waals surface area contributed by atoms with Gasteiger partial charge in [0.15, 0.2) is 0 Å². The fourth-order valence-electron chi connectivity index (χ4n) is 2.10. The van der Waals surface area contributed by atoms with Gasteiger partial charge >= 0.3 is 6.01 Å². The van der Waals surface area contributed by atoms with E-state index in [-0.39, 0.29) is 6.10 Å². The van der Waals surface area contributed by atoms with Gasteiger partial charge in [-0.05, 0) is 17.7 Å². The number of nitrogens with one attached hydrogen (secondary N) is 1. The zero-order valence-corrected chi connectivity index (χ0v) is 12.4. The smallest absolute Gasteiger partial charge is 0.318 e. The average molecular weight is 303 g/mol. The van der Waals surface area contributed by atoms with Crippen LogP contribution in [0.5, 0.6) is 6.01 Å². The lowest BCUT2D eigenvalue weighted by Crippen LogP contribution is -2.17. The Kier molecular flexibility index (Phi) is 4.57. The first kappa shape index (κ1) is 14.2. The fraction of sp³-hybridized carbons (Fsp3) is 0.333. The summed E-state index contributed by atoms with van der Waals surface area (Å²) in [6.07, 6.45) is 2.62. The molecule has 0 amide bonds. The van der Waals surface area contributed by atoms with E-state index in [2.05, 4.69) is 27.9 Å². The van der Waals surface area contributed by atoms with E-state index < -0.39 is 0 Å². The van der Waals surface area contributed by atoms with Crippen LogP contribution in [-0.4, -0.2) is 29.3 Å². The van der Waals surface area contributed by atoms with Crippen molar-refractivity contribution in [3.63, 3.8) is 0 Å². The number of hydrogen-bond donors (Lipinski definition) is 2. The molecule has 0 spiro atoms. The number of aromatic nitrogens is 2. The van der Waals surface area contributed by atoms with E-state index in [0.717, 1.165) is 29.3 Å². The SMILES string of the molecule is Sc1ccccc1CNc1ccnc(OC2CCOC2)n1. The summed E-state index contributed by atoms with van der Waals surface area (Å²) in [5.41, 5.74) is 1.12. The van der Waals surface area contributed by atoms with Crippen LogP contribution in [0.4, 0.5) is 5.82 Å². The average Bonchev–Trinajstić information content (AvgIpc) is 3.00. The maximum Gasteiger partial charge on any atom is 0.318 e. The third-order valence-corrected chi connectivity index (χ3v) is 3.68. The predicted octanol–water partition coefficient (Wildman–Crippen LogP) is 2.55. The van der Waals surface area contributed by atoms with Crippen LogP contribution in [0.25, 0.3) is 0 Å². The second kappa shape index (κ2) is 6.78. The first-order chi connectivity index (χ1) is 10.3. The highest BCUT2D eigenvalue weighted by Crippen LogP contribution is 2.17. The van der Waals surface area contributed by atoms with Crippen LogP contribution in [0, 0.1) is 0 Å². The minimum Gasteiger partial charge on any atom is -0.458 e. The molecule has 1 aliphatic heterocycles. The zero-order valence-electron chi connectivity index (χ0n) is 11.5. The summed E-state index contributed by atoms with van der Waals surface area (Å²) in [4.78, 5) is 9.44. The van der Waals surface area contributed by atoms with Gasteiger partial charge in [0.1, 0.15) is 11.9 Å². The summed E-state index contributed by atoms with van der Waals surface area (Å²) in [7, 11) is 0. The van der Waals surface area contributed by atoms with E-state index in [1.165, 1.54) is 0 Å². The predicted molar refractivity (Wildman–Crippen MR) is 82.9 cm³/mol. The first-order valence-corrected chi connectivity index (χ1v) is 7.34. The number of rotatable bonds is 5. The minimum atomic E-state index is 0.0541. The fourth-order valence-corrected chi connectivity index (χ4v) is 2.34. The molecule has 1 fully saturated rings. The number of ether oxygens (including phenoxy) is 2. The lowest BCUT2D eigenvalue weighted by Gasteiger charge is -2.11. The molecule has 5 nitrogen and oxygen atoms in total. The topological polar surface area (TPSA) is 56.3 Å². The van der Waals surface area contributed by atoms with Crippen molar-refractivity contribution in [3.8, 4) is 6.01 Å². The Labute approximate surface area is 129 Å². The van der Waals surface area contributed by atoms with Crippen molar-refractivity contribution in [2.45, 2.75) is 24.0 Å². The Bertz CT molecular complexity index is 603. The van der Waals surface area contributed by atoms with Gasteiger partial charge in [-0.25, -0.2) is 4.98 Å². The monoisotopic (exact) mass is 303 g/mol. The minimum absolute atomic E-state index is 0.0541. The van der Waals surface area contributed by atoms with Gasteiger partial charge in [-0.1, -0.05) is 18.2 Å². The molecule has 1 aliphatic rings. The molecule has 0 aliphatic carbocycles. The molecule has 0 bridgehead atoms. The lowest BCUT2D eigenvalue weighted by atomic mass is 10.2. The van der Waals surface area contributed by atoms with Gasteiger partial charge in [-0.15, -0.1) is 12.6 Å². The molecule has 6 heteroatoms. The van der Waals surface area contributed by atoms with E-state index in [1.807, 2.05) is 30.3 Å². The third kappa shape index (κ3) is 3.86. The lowest BCUT2D eigenvalue weighted by molar-refractivity contribution is 0.134. The molecule has 2 heterocycles. The van der Waals surface area contributed by atoms with Crippen LogP contribution in [0.3, 0.4) is 0 Å². The largest absolute Gasteiger partial charge is 0.458 e. The van der Waals surface area contributed by atoms with Crippen molar-refractivity contribution in [2.75, 3.05) is 18.5 Å². The summed E-state index contributed by atoms with van der Waals surface area (Å²) in [5.74, 6) is 0.732. The maximum atomic E-state index is 5.69. The Balaban J connectivity index is 1.61. The molecule has 3 rings (SSSR count). The highest BCUT2D eigenvalue weighted by molar-refractivity contribution is 7.80. The van der Waals surface area contributed by atoms with Crippen molar-refractivity contribution < 1.29 is 9.47 Å². The summed E-state index contributed by atoms with van der Waals surface area (Å²) in [6.45, 7) is 2.00. The molecule has 1 saturated heterocycles. The Hall–Kier alpha value is -1.79. The highest BCUT2D eigenvalue weighted by Gasteiger charge is 2.18. The summed E-state index contributed by atoms with van der Waals surface area (Å²) >= 11 is 4.43.